The highest BCUT2D eigenvalue weighted by Crippen LogP contribution is 2.51. The molecule has 0 N–H and O–H groups in total. The first-order valence-corrected chi connectivity index (χ1v) is 14.1. The van der Waals surface area contributed by atoms with E-state index in [1.807, 2.05) is 0 Å². The minimum absolute atomic E-state index is 0.201. The van der Waals surface area contributed by atoms with E-state index in [2.05, 4.69) is 155 Å². The molecule has 6 aromatic rings. The third kappa shape index (κ3) is 4.08. The van der Waals surface area contributed by atoms with Crippen LogP contribution >= 0.6 is 15.9 Å². The summed E-state index contributed by atoms with van der Waals surface area (Å²) in [6, 6.07) is 51.4. The molecule has 0 saturated carbocycles. The summed E-state index contributed by atoms with van der Waals surface area (Å²) >= 11 is 3.74. The van der Waals surface area contributed by atoms with Gasteiger partial charge in [-0.1, -0.05) is 143 Å². The van der Waals surface area contributed by atoms with Crippen molar-refractivity contribution in [2.75, 3.05) is 0 Å². The molecule has 2 atom stereocenters. The maximum atomic E-state index is 3.74. The molecule has 0 aliphatic heterocycles. The Morgan fingerprint density at radius 2 is 1.26 bits per heavy atom. The molecular weight excluding hydrogens is 524 g/mol. The fourth-order valence-corrected chi connectivity index (χ4v) is 6.62. The number of fused-ring (bicyclic) bond motifs is 4. The van der Waals surface area contributed by atoms with E-state index >= 15 is 0 Å². The second-order valence-electron chi connectivity index (χ2n) is 10.2. The van der Waals surface area contributed by atoms with Gasteiger partial charge in [0.2, 0.25) is 0 Å². The zero-order valence-corrected chi connectivity index (χ0v) is 22.6. The first-order valence-electron chi connectivity index (χ1n) is 13.3. The van der Waals surface area contributed by atoms with Gasteiger partial charge in [-0.15, -0.1) is 0 Å². The lowest BCUT2D eigenvalue weighted by molar-refractivity contribution is 0.802. The van der Waals surface area contributed by atoms with Crippen LogP contribution in [0, 0.1) is 0 Å². The summed E-state index contributed by atoms with van der Waals surface area (Å²) < 4.78 is 1.12. The standard InChI is InChI=1S/C37H27Br/c38-29-19-21-33-35(24-29)31-20-18-28(34(27-12-5-2-6-13-27)22-25-10-3-1-4-11-25)23-36(31)37(33)32-17-9-15-26-14-7-8-16-30(26)32/h1-21,23-24,34,37H,22H2. The Hall–Kier alpha value is -3.94. The Labute approximate surface area is 232 Å². The normalized spacial score (nSPS) is 14.7. The van der Waals surface area contributed by atoms with Gasteiger partial charge in [0.1, 0.15) is 0 Å². The number of hydrogen-bond acceptors (Lipinski definition) is 0. The molecule has 182 valence electrons. The Bertz CT molecular complexity index is 1750. The molecule has 1 heteroatoms. The molecule has 0 saturated heterocycles. The molecule has 0 amide bonds. The molecule has 0 aromatic heterocycles. The summed E-state index contributed by atoms with van der Waals surface area (Å²) in [6.45, 7) is 0. The average Bonchev–Trinajstić information content (AvgIpc) is 3.29. The van der Waals surface area contributed by atoms with Crippen LogP contribution in [0.3, 0.4) is 0 Å². The second-order valence-corrected chi connectivity index (χ2v) is 11.1. The molecule has 1 aliphatic rings. The fraction of sp³-hybridized carbons (Fsp3) is 0.0811. The first kappa shape index (κ1) is 23.2. The third-order valence-electron chi connectivity index (χ3n) is 8.02. The van der Waals surface area contributed by atoms with Gasteiger partial charge in [-0.05, 0) is 73.8 Å². The van der Waals surface area contributed by atoms with Gasteiger partial charge in [0.05, 0.1) is 0 Å². The molecule has 0 heterocycles. The maximum Gasteiger partial charge on any atom is 0.0358 e. The zero-order valence-electron chi connectivity index (χ0n) is 21.0. The highest BCUT2D eigenvalue weighted by molar-refractivity contribution is 9.10. The Kier molecular flexibility index (Phi) is 5.95. The van der Waals surface area contributed by atoms with Crippen molar-refractivity contribution in [1.29, 1.82) is 0 Å². The Morgan fingerprint density at radius 3 is 2.11 bits per heavy atom. The molecule has 0 bridgehead atoms. The molecule has 0 spiro atoms. The van der Waals surface area contributed by atoms with Crippen LogP contribution in [-0.2, 0) is 6.42 Å². The van der Waals surface area contributed by atoms with Crippen LogP contribution in [0.25, 0.3) is 21.9 Å². The van der Waals surface area contributed by atoms with Crippen molar-refractivity contribution >= 4 is 26.7 Å². The van der Waals surface area contributed by atoms with Crippen LogP contribution < -0.4 is 0 Å². The lowest BCUT2D eigenvalue weighted by Crippen LogP contribution is -2.07. The molecule has 0 nitrogen and oxygen atoms in total. The summed E-state index contributed by atoms with van der Waals surface area (Å²) in [7, 11) is 0. The van der Waals surface area contributed by atoms with E-state index in [4.69, 9.17) is 0 Å². The van der Waals surface area contributed by atoms with Crippen LogP contribution in [0.5, 0.6) is 0 Å². The maximum absolute atomic E-state index is 3.74. The monoisotopic (exact) mass is 550 g/mol. The summed E-state index contributed by atoms with van der Waals surface area (Å²) in [5.74, 6) is 0.486. The van der Waals surface area contributed by atoms with Crippen molar-refractivity contribution in [3.05, 3.63) is 177 Å². The fourth-order valence-electron chi connectivity index (χ4n) is 6.26. The SMILES string of the molecule is Brc1ccc2c(c1)-c1ccc(C(Cc3ccccc3)c3ccccc3)cc1C2c1cccc2ccccc12. The predicted octanol–water partition coefficient (Wildman–Crippen LogP) is 10.1. The van der Waals surface area contributed by atoms with Gasteiger partial charge in [0.25, 0.3) is 0 Å². The van der Waals surface area contributed by atoms with E-state index in [-0.39, 0.29) is 11.8 Å². The quantitative estimate of drug-likeness (QED) is 0.200. The highest BCUT2D eigenvalue weighted by Gasteiger charge is 2.32. The van der Waals surface area contributed by atoms with Gasteiger partial charge < -0.3 is 0 Å². The topological polar surface area (TPSA) is 0 Å². The second kappa shape index (κ2) is 9.74. The third-order valence-corrected chi connectivity index (χ3v) is 8.52. The highest BCUT2D eigenvalue weighted by atomic mass is 79.9. The van der Waals surface area contributed by atoms with E-state index in [1.165, 1.54) is 55.3 Å². The summed E-state index contributed by atoms with van der Waals surface area (Å²) in [4.78, 5) is 0. The van der Waals surface area contributed by atoms with Crippen molar-refractivity contribution in [3.8, 4) is 11.1 Å². The van der Waals surface area contributed by atoms with Crippen LogP contribution in [0.4, 0.5) is 0 Å². The zero-order chi connectivity index (χ0) is 25.5. The van der Waals surface area contributed by atoms with Crippen molar-refractivity contribution in [2.45, 2.75) is 18.3 Å². The molecule has 2 unspecified atom stereocenters. The van der Waals surface area contributed by atoms with Crippen LogP contribution in [0.2, 0.25) is 0 Å². The minimum Gasteiger partial charge on any atom is -0.0622 e. The van der Waals surface area contributed by atoms with E-state index < -0.39 is 0 Å². The molecule has 1 aliphatic carbocycles. The number of benzene rings is 6. The van der Waals surface area contributed by atoms with Gasteiger partial charge in [0, 0.05) is 16.3 Å². The van der Waals surface area contributed by atoms with Gasteiger partial charge >= 0.3 is 0 Å². The summed E-state index contributed by atoms with van der Waals surface area (Å²) in [5, 5.41) is 2.62. The molecule has 6 aromatic carbocycles. The van der Waals surface area contributed by atoms with Crippen LogP contribution in [0.15, 0.2) is 144 Å². The largest absolute Gasteiger partial charge is 0.0622 e. The Balaban J connectivity index is 1.43. The van der Waals surface area contributed by atoms with Gasteiger partial charge in [-0.25, -0.2) is 0 Å². The summed E-state index contributed by atoms with van der Waals surface area (Å²) in [5.41, 5.74) is 10.9. The van der Waals surface area contributed by atoms with Crippen molar-refractivity contribution in [1.82, 2.24) is 0 Å². The summed E-state index contributed by atoms with van der Waals surface area (Å²) in [6.07, 6.45) is 0.973. The van der Waals surface area contributed by atoms with Crippen LogP contribution in [0.1, 0.15) is 45.2 Å². The van der Waals surface area contributed by atoms with Crippen molar-refractivity contribution < 1.29 is 0 Å². The van der Waals surface area contributed by atoms with Crippen molar-refractivity contribution in [3.63, 3.8) is 0 Å². The van der Waals surface area contributed by atoms with Gasteiger partial charge in [-0.2, -0.15) is 0 Å². The Morgan fingerprint density at radius 1 is 0.526 bits per heavy atom. The smallest absolute Gasteiger partial charge is 0.0358 e. The molecule has 0 radical (unpaired) electrons. The number of hydrogen-bond donors (Lipinski definition) is 0. The van der Waals surface area contributed by atoms with E-state index in [9.17, 15) is 0 Å². The predicted molar refractivity (Wildman–Crippen MR) is 163 cm³/mol. The van der Waals surface area contributed by atoms with Gasteiger partial charge in [0.15, 0.2) is 0 Å². The molecule has 0 fully saturated rings. The molecule has 7 rings (SSSR count). The van der Waals surface area contributed by atoms with E-state index in [0.717, 1.165) is 10.9 Å². The van der Waals surface area contributed by atoms with E-state index in [1.54, 1.807) is 0 Å². The average molecular weight is 552 g/mol. The van der Waals surface area contributed by atoms with E-state index in [0.29, 0.717) is 0 Å². The van der Waals surface area contributed by atoms with Gasteiger partial charge in [-0.3, -0.25) is 0 Å². The number of halogens is 1. The van der Waals surface area contributed by atoms with Crippen LogP contribution in [-0.4, -0.2) is 0 Å². The first-order chi connectivity index (χ1) is 18.8. The lowest BCUT2D eigenvalue weighted by Gasteiger charge is -2.22. The lowest BCUT2D eigenvalue weighted by atomic mass is 9.82. The minimum atomic E-state index is 0.201. The molecule has 38 heavy (non-hydrogen) atoms. The van der Waals surface area contributed by atoms with Crippen molar-refractivity contribution in [2.24, 2.45) is 0 Å². The number of rotatable bonds is 5. The molecular formula is C37H27Br.